The van der Waals surface area contributed by atoms with Gasteiger partial charge in [-0.2, -0.15) is 0 Å². The lowest BCUT2D eigenvalue weighted by molar-refractivity contribution is 0.0991. The van der Waals surface area contributed by atoms with E-state index in [1.807, 2.05) is 0 Å². The van der Waals surface area contributed by atoms with E-state index in [0.29, 0.717) is 0 Å². The fourth-order valence-corrected chi connectivity index (χ4v) is 2.07. The number of hydrogen-bond acceptors (Lipinski definition) is 4. The molecule has 4 nitrogen and oxygen atoms in total. The minimum atomic E-state index is -0.473. The van der Waals surface area contributed by atoms with Gasteiger partial charge in [0, 0.05) is 7.05 Å². The highest BCUT2D eigenvalue weighted by Gasteiger charge is 2.20. The number of halogens is 2. The summed E-state index contributed by atoms with van der Waals surface area (Å²) in [4.78, 5) is 13.1. The first-order valence-electron chi connectivity index (χ1n) is 4.61. The maximum Gasteiger partial charge on any atom is 0.289 e. The van der Waals surface area contributed by atoms with Crippen molar-refractivity contribution in [3.63, 3.8) is 0 Å². The normalized spacial score (nSPS) is 10.3. The van der Waals surface area contributed by atoms with Crippen LogP contribution < -0.4 is 4.90 Å². The van der Waals surface area contributed by atoms with Crippen LogP contribution in [0.1, 0.15) is 9.80 Å². The van der Waals surface area contributed by atoms with Crippen LogP contribution in [-0.4, -0.2) is 23.2 Å². The summed E-state index contributed by atoms with van der Waals surface area (Å²) in [5, 5.41) is 7.27. The van der Waals surface area contributed by atoms with Crippen LogP contribution in [0.3, 0.4) is 0 Å². The van der Waals surface area contributed by atoms with Crippen LogP contribution in [0.2, 0.25) is 4.47 Å². The number of hydrogen-bond donors (Lipinski definition) is 0. The summed E-state index contributed by atoms with van der Waals surface area (Å²) in [6, 6.07) is 6.00. The number of carbonyl (C=O) groups is 1. The number of amides is 1. The monoisotopic (exact) mass is 271 g/mol. The van der Waals surface area contributed by atoms with Crippen molar-refractivity contribution >= 4 is 34.5 Å². The molecule has 0 saturated carbocycles. The Labute approximate surface area is 106 Å². The quantitative estimate of drug-likeness (QED) is 0.843. The first-order valence-corrected chi connectivity index (χ1v) is 5.80. The van der Waals surface area contributed by atoms with Gasteiger partial charge < -0.3 is 4.90 Å². The zero-order valence-electron chi connectivity index (χ0n) is 8.72. The summed E-state index contributed by atoms with van der Waals surface area (Å²) in [5.74, 6) is -0.918. The molecule has 0 aliphatic rings. The molecule has 0 fully saturated rings. The summed E-state index contributed by atoms with van der Waals surface area (Å²) >= 11 is 6.54. The molecule has 0 radical (unpaired) electrons. The lowest BCUT2D eigenvalue weighted by Gasteiger charge is -2.15. The van der Waals surface area contributed by atoms with Crippen molar-refractivity contribution in [1.29, 1.82) is 0 Å². The lowest BCUT2D eigenvalue weighted by Crippen LogP contribution is -2.26. The zero-order valence-corrected chi connectivity index (χ0v) is 10.3. The molecule has 17 heavy (non-hydrogen) atoms. The third-order valence-corrected chi connectivity index (χ3v) is 3.11. The Kier molecular flexibility index (Phi) is 3.35. The molecule has 0 spiro atoms. The van der Waals surface area contributed by atoms with Crippen LogP contribution in [0.5, 0.6) is 0 Å². The maximum absolute atomic E-state index is 13.5. The minimum Gasteiger partial charge on any atom is -0.307 e. The summed E-state index contributed by atoms with van der Waals surface area (Å²) < 4.78 is 13.6. The summed E-state index contributed by atoms with van der Waals surface area (Å²) in [7, 11) is 1.47. The van der Waals surface area contributed by atoms with Gasteiger partial charge in [0.05, 0.1) is 5.69 Å². The smallest absolute Gasteiger partial charge is 0.289 e. The fraction of sp³-hybridized carbons (Fsp3) is 0.100. The Bertz CT molecular complexity index is 560. The van der Waals surface area contributed by atoms with E-state index in [-0.39, 0.29) is 15.2 Å². The number of aromatic nitrogens is 2. The number of anilines is 1. The highest BCUT2D eigenvalue weighted by atomic mass is 35.5. The van der Waals surface area contributed by atoms with Gasteiger partial charge in [-0.25, -0.2) is 4.39 Å². The predicted molar refractivity (Wildman–Crippen MR) is 64.1 cm³/mol. The standard InChI is InChI=1S/C10H7ClFN3OS/c1-15(7-5-3-2-4-6(7)12)9(16)8-13-14-10(11)17-8/h2-5H,1H3. The van der Waals surface area contributed by atoms with Crippen molar-refractivity contribution in [3.8, 4) is 0 Å². The Morgan fingerprint density at radius 2 is 2.12 bits per heavy atom. The van der Waals surface area contributed by atoms with Crippen molar-refractivity contribution < 1.29 is 9.18 Å². The first kappa shape index (κ1) is 11.9. The molecule has 0 bridgehead atoms. The van der Waals surface area contributed by atoms with Crippen LogP contribution >= 0.6 is 22.9 Å². The molecular formula is C10H7ClFN3OS. The van der Waals surface area contributed by atoms with Crippen molar-refractivity contribution in [3.05, 3.63) is 39.6 Å². The Morgan fingerprint density at radius 1 is 1.41 bits per heavy atom. The van der Waals surface area contributed by atoms with Gasteiger partial charge in [-0.3, -0.25) is 4.79 Å². The number of nitrogens with zero attached hydrogens (tertiary/aromatic N) is 3. The molecule has 7 heteroatoms. The molecule has 1 aromatic carbocycles. The molecule has 0 aliphatic carbocycles. The van der Waals surface area contributed by atoms with Crippen molar-refractivity contribution in [2.75, 3.05) is 11.9 Å². The van der Waals surface area contributed by atoms with E-state index in [1.165, 1.54) is 24.1 Å². The summed E-state index contributed by atoms with van der Waals surface area (Å²) in [6.07, 6.45) is 0. The van der Waals surface area contributed by atoms with Gasteiger partial charge in [-0.05, 0) is 23.7 Å². The highest BCUT2D eigenvalue weighted by Crippen LogP contribution is 2.21. The molecule has 0 atom stereocenters. The minimum absolute atomic E-state index is 0.126. The largest absolute Gasteiger partial charge is 0.307 e. The molecule has 0 N–H and O–H groups in total. The van der Waals surface area contributed by atoms with E-state index in [2.05, 4.69) is 10.2 Å². The Morgan fingerprint density at radius 3 is 2.71 bits per heavy atom. The van der Waals surface area contributed by atoms with Gasteiger partial charge in [-0.1, -0.05) is 23.5 Å². The second-order valence-corrected chi connectivity index (χ2v) is 4.74. The molecule has 2 aromatic rings. The average Bonchev–Trinajstić information content (AvgIpc) is 2.75. The molecule has 1 heterocycles. The molecule has 0 saturated heterocycles. The molecule has 0 aliphatic heterocycles. The second-order valence-electron chi connectivity index (χ2n) is 3.18. The topological polar surface area (TPSA) is 46.1 Å². The van der Waals surface area contributed by atoms with Crippen LogP contribution in [0.4, 0.5) is 10.1 Å². The summed E-state index contributed by atoms with van der Waals surface area (Å²) in [6.45, 7) is 0. The Balaban J connectivity index is 2.29. The van der Waals surface area contributed by atoms with Gasteiger partial charge in [-0.15, -0.1) is 10.2 Å². The molecule has 2 rings (SSSR count). The maximum atomic E-state index is 13.5. The Hall–Kier alpha value is -1.53. The molecule has 0 unspecified atom stereocenters. The van der Waals surface area contributed by atoms with E-state index in [0.717, 1.165) is 11.3 Å². The van der Waals surface area contributed by atoms with Gasteiger partial charge in [0.25, 0.3) is 5.91 Å². The van der Waals surface area contributed by atoms with E-state index in [1.54, 1.807) is 12.1 Å². The zero-order chi connectivity index (χ0) is 12.4. The SMILES string of the molecule is CN(C(=O)c1nnc(Cl)s1)c1ccccc1F. The van der Waals surface area contributed by atoms with Crippen LogP contribution in [0, 0.1) is 5.82 Å². The van der Waals surface area contributed by atoms with E-state index in [9.17, 15) is 9.18 Å². The van der Waals surface area contributed by atoms with Crippen LogP contribution in [-0.2, 0) is 0 Å². The first-order chi connectivity index (χ1) is 8.09. The van der Waals surface area contributed by atoms with Crippen LogP contribution in [0.25, 0.3) is 0 Å². The third-order valence-electron chi connectivity index (χ3n) is 2.10. The molecule has 1 aromatic heterocycles. The number of rotatable bonds is 2. The van der Waals surface area contributed by atoms with Gasteiger partial charge in [0.15, 0.2) is 0 Å². The van der Waals surface area contributed by atoms with Gasteiger partial charge >= 0.3 is 0 Å². The third kappa shape index (κ3) is 2.42. The highest BCUT2D eigenvalue weighted by molar-refractivity contribution is 7.17. The predicted octanol–water partition coefficient (Wildman–Crippen LogP) is 2.61. The fourth-order valence-electron chi connectivity index (χ4n) is 1.27. The number of para-hydroxylation sites is 1. The second kappa shape index (κ2) is 4.77. The molecule has 88 valence electrons. The van der Waals surface area contributed by atoms with E-state index < -0.39 is 11.7 Å². The van der Waals surface area contributed by atoms with Crippen molar-refractivity contribution in [2.24, 2.45) is 0 Å². The average molecular weight is 272 g/mol. The number of carbonyl (C=O) groups excluding carboxylic acids is 1. The van der Waals surface area contributed by atoms with E-state index >= 15 is 0 Å². The van der Waals surface area contributed by atoms with Gasteiger partial charge in [0.1, 0.15) is 5.82 Å². The molecular weight excluding hydrogens is 265 g/mol. The van der Waals surface area contributed by atoms with E-state index in [4.69, 9.17) is 11.6 Å². The van der Waals surface area contributed by atoms with Crippen molar-refractivity contribution in [2.45, 2.75) is 0 Å². The van der Waals surface area contributed by atoms with Crippen molar-refractivity contribution in [1.82, 2.24) is 10.2 Å². The number of benzene rings is 1. The summed E-state index contributed by atoms with van der Waals surface area (Å²) in [5.41, 5.74) is 0.184. The molecule has 1 amide bonds. The lowest BCUT2D eigenvalue weighted by atomic mass is 10.3. The van der Waals surface area contributed by atoms with Gasteiger partial charge in [0.2, 0.25) is 9.47 Å². The van der Waals surface area contributed by atoms with Crippen LogP contribution in [0.15, 0.2) is 24.3 Å².